The van der Waals surface area contributed by atoms with Gasteiger partial charge in [0.25, 0.3) is 0 Å². The van der Waals surface area contributed by atoms with Crippen LogP contribution >= 0.6 is 0 Å². The van der Waals surface area contributed by atoms with Gasteiger partial charge in [0.15, 0.2) is 9.84 Å². The van der Waals surface area contributed by atoms with Crippen LogP contribution in [-0.2, 0) is 24.2 Å². The van der Waals surface area contributed by atoms with Gasteiger partial charge in [-0.25, -0.2) is 12.8 Å². The molecule has 0 saturated carbocycles. The number of rotatable bonds is 7. The highest BCUT2D eigenvalue weighted by Crippen LogP contribution is 2.29. The molecular weight excluding hydrogens is 403 g/mol. The molecule has 2 amide bonds. The number of hydrogen-bond acceptors (Lipinski definition) is 6. The SMILES string of the molecule is O=C(NC[C@@H]1CCCO1)C(=O)NC[C@H](c1ccco1)S(=O)(=O)c1ccc(F)cc1. The highest BCUT2D eigenvalue weighted by atomic mass is 32.2. The first kappa shape index (κ1) is 21.0. The van der Waals surface area contributed by atoms with Crippen molar-refractivity contribution >= 4 is 21.7 Å². The smallest absolute Gasteiger partial charge is 0.309 e. The lowest BCUT2D eigenvalue weighted by atomic mass is 10.2. The van der Waals surface area contributed by atoms with Crippen LogP contribution in [0.1, 0.15) is 23.9 Å². The van der Waals surface area contributed by atoms with Crippen molar-refractivity contribution in [2.75, 3.05) is 19.7 Å². The fourth-order valence-corrected chi connectivity index (χ4v) is 4.57. The Bertz CT molecular complexity index is 938. The van der Waals surface area contributed by atoms with Crippen molar-refractivity contribution in [1.82, 2.24) is 10.6 Å². The molecule has 2 heterocycles. The summed E-state index contributed by atoms with van der Waals surface area (Å²) < 4.78 is 49.7. The van der Waals surface area contributed by atoms with E-state index in [1.165, 1.54) is 18.4 Å². The number of ether oxygens (including phenoxy) is 1. The Morgan fingerprint density at radius 2 is 1.86 bits per heavy atom. The number of sulfone groups is 1. The van der Waals surface area contributed by atoms with E-state index in [0.717, 1.165) is 37.1 Å². The van der Waals surface area contributed by atoms with Crippen molar-refractivity contribution in [2.24, 2.45) is 0 Å². The van der Waals surface area contributed by atoms with Crippen LogP contribution in [0.15, 0.2) is 52.0 Å². The number of benzene rings is 1. The van der Waals surface area contributed by atoms with Gasteiger partial charge in [-0.1, -0.05) is 0 Å². The third-order valence-electron chi connectivity index (χ3n) is 4.55. The number of nitrogens with one attached hydrogen (secondary N) is 2. The molecule has 2 N–H and O–H groups in total. The van der Waals surface area contributed by atoms with E-state index in [1.54, 1.807) is 0 Å². The Morgan fingerprint density at radius 3 is 2.48 bits per heavy atom. The second kappa shape index (κ2) is 9.19. The molecule has 1 saturated heterocycles. The normalized spacial score (nSPS) is 17.6. The van der Waals surface area contributed by atoms with Crippen LogP contribution in [0.5, 0.6) is 0 Å². The summed E-state index contributed by atoms with van der Waals surface area (Å²) in [7, 11) is -4.01. The molecule has 1 fully saturated rings. The summed E-state index contributed by atoms with van der Waals surface area (Å²) in [6.45, 7) is 0.444. The molecule has 0 unspecified atom stereocenters. The highest BCUT2D eigenvalue weighted by Gasteiger charge is 2.32. The summed E-state index contributed by atoms with van der Waals surface area (Å²) in [4.78, 5) is 23.9. The molecule has 1 aromatic carbocycles. The fraction of sp³-hybridized carbons (Fsp3) is 0.368. The summed E-state index contributed by atoms with van der Waals surface area (Å²) in [5.74, 6) is -2.32. The van der Waals surface area contributed by atoms with Gasteiger partial charge in [0.1, 0.15) is 16.8 Å². The molecule has 1 aliphatic heterocycles. The molecule has 156 valence electrons. The minimum Gasteiger partial charge on any atom is -0.468 e. The summed E-state index contributed by atoms with van der Waals surface area (Å²) in [5.41, 5.74) is 0. The summed E-state index contributed by atoms with van der Waals surface area (Å²) >= 11 is 0. The number of hydrogen-bond donors (Lipinski definition) is 2. The molecule has 2 atom stereocenters. The molecule has 0 radical (unpaired) electrons. The molecule has 29 heavy (non-hydrogen) atoms. The van der Waals surface area contributed by atoms with Crippen molar-refractivity contribution in [3.05, 3.63) is 54.2 Å². The Kier molecular flexibility index (Phi) is 6.65. The van der Waals surface area contributed by atoms with Crippen LogP contribution in [0.3, 0.4) is 0 Å². The van der Waals surface area contributed by atoms with Crippen LogP contribution in [0.2, 0.25) is 0 Å². The molecule has 8 nitrogen and oxygen atoms in total. The van der Waals surface area contributed by atoms with Crippen molar-refractivity contribution in [3.8, 4) is 0 Å². The van der Waals surface area contributed by atoms with Gasteiger partial charge in [0.2, 0.25) is 0 Å². The maximum atomic E-state index is 13.2. The molecular formula is C19H21FN2O6S. The van der Waals surface area contributed by atoms with Gasteiger partial charge in [-0.15, -0.1) is 0 Å². The largest absolute Gasteiger partial charge is 0.468 e. The molecule has 3 rings (SSSR count). The number of carbonyl (C=O) groups is 2. The van der Waals surface area contributed by atoms with Gasteiger partial charge >= 0.3 is 11.8 Å². The lowest BCUT2D eigenvalue weighted by Crippen LogP contribution is -2.44. The molecule has 1 aliphatic rings. The van der Waals surface area contributed by atoms with E-state index in [9.17, 15) is 22.4 Å². The molecule has 10 heteroatoms. The zero-order valence-corrected chi connectivity index (χ0v) is 16.3. The molecule has 0 bridgehead atoms. The van der Waals surface area contributed by atoms with E-state index < -0.39 is 32.7 Å². The van der Waals surface area contributed by atoms with E-state index in [-0.39, 0.29) is 29.8 Å². The quantitative estimate of drug-likeness (QED) is 0.512. The first-order valence-corrected chi connectivity index (χ1v) is 10.6. The average Bonchev–Trinajstić information content (AvgIpc) is 3.40. The fourth-order valence-electron chi connectivity index (χ4n) is 2.98. The predicted molar refractivity (Wildman–Crippen MR) is 100 cm³/mol. The second-order valence-corrected chi connectivity index (χ2v) is 8.69. The second-order valence-electron chi connectivity index (χ2n) is 6.56. The van der Waals surface area contributed by atoms with Gasteiger partial charge in [0.05, 0.1) is 17.3 Å². The van der Waals surface area contributed by atoms with Crippen molar-refractivity contribution in [2.45, 2.75) is 29.1 Å². The van der Waals surface area contributed by atoms with Crippen LogP contribution in [0.4, 0.5) is 4.39 Å². The topological polar surface area (TPSA) is 115 Å². The molecule has 1 aromatic heterocycles. The lowest BCUT2D eigenvalue weighted by molar-refractivity contribution is -0.139. The van der Waals surface area contributed by atoms with Crippen LogP contribution in [-0.4, -0.2) is 46.0 Å². The van der Waals surface area contributed by atoms with Gasteiger partial charge in [-0.05, 0) is 49.2 Å². The first-order chi connectivity index (χ1) is 13.9. The Balaban J connectivity index is 1.67. The number of amides is 2. The monoisotopic (exact) mass is 424 g/mol. The summed E-state index contributed by atoms with van der Waals surface area (Å²) in [6.07, 6.45) is 2.89. The minimum atomic E-state index is -4.01. The molecule has 0 aliphatic carbocycles. The van der Waals surface area contributed by atoms with Gasteiger partial charge in [-0.2, -0.15) is 0 Å². The Hall–Kier alpha value is -2.72. The van der Waals surface area contributed by atoms with E-state index in [4.69, 9.17) is 9.15 Å². The zero-order chi connectivity index (χ0) is 20.9. The van der Waals surface area contributed by atoms with E-state index in [0.29, 0.717) is 6.61 Å². The maximum absolute atomic E-state index is 13.2. The number of furan rings is 1. The summed E-state index contributed by atoms with van der Waals surface area (Å²) in [6, 6.07) is 7.30. The van der Waals surface area contributed by atoms with E-state index in [1.807, 2.05) is 0 Å². The number of carbonyl (C=O) groups excluding carboxylic acids is 2. The van der Waals surface area contributed by atoms with Crippen LogP contribution in [0.25, 0.3) is 0 Å². The Labute approximate surface area is 167 Å². The minimum absolute atomic E-state index is 0.0920. The lowest BCUT2D eigenvalue weighted by Gasteiger charge is -2.17. The standard InChI is InChI=1S/C19H21FN2O6S/c20-13-5-7-15(8-6-13)29(25,26)17(16-4-2-10-28-16)12-22-19(24)18(23)21-11-14-3-1-9-27-14/h2,4-8,10,14,17H,1,3,9,11-12H2,(H,21,23)(H,22,24)/t14-,17+/m0/s1. The zero-order valence-electron chi connectivity index (χ0n) is 15.5. The third-order valence-corrected chi connectivity index (χ3v) is 6.62. The van der Waals surface area contributed by atoms with E-state index >= 15 is 0 Å². The first-order valence-electron chi connectivity index (χ1n) is 9.08. The van der Waals surface area contributed by atoms with Gasteiger partial charge < -0.3 is 19.8 Å². The van der Waals surface area contributed by atoms with Crippen molar-refractivity contribution in [3.63, 3.8) is 0 Å². The van der Waals surface area contributed by atoms with Crippen molar-refractivity contribution in [1.29, 1.82) is 0 Å². The number of halogens is 1. The molecule has 0 spiro atoms. The average molecular weight is 424 g/mol. The van der Waals surface area contributed by atoms with Crippen LogP contribution < -0.4 is 10.6 Å². The van der Waals surface area contributed by atoms with E-state index in [2.05, 4.69) is 10.6 Å². The Morgan fingerprint density at radius 1 is 1.14 bits per heavy atom. The van der Waals surface area contributed by atoms with Gasteiger partial charge in [0, 0.05) is 19.7 Å². The highest BCUT2D eigenvalue weighted by molar-refractivity contribution is 7.91. The maximum Gasteiger partial charge on any atom is 0.309 e. The predicted octanol–water partition coefficient (Wildman–Crippen LogP) is 1.35. The van der Waals surface area contributed by atoms with Crippen LogP contribution in [0, 0.1) is 5.82 Å². The molecule has 2 aromatic rings. The van der Waals surface area contributed by atoms with Crippen molar-refractivity contribution < 1.29 is 31.6 Å². The summed E-state index contributed by atoms with van der Waals surface area (Å²) in [5, 5.41) is 3.52. The van der Waals surface area contributed by atoms with Gasteiger partial charge in [-0.3, -0.25) is 9.59 Å². The third kappa shape index (κ3) is 5.21.